The maximum atomic E-state index is 14.3. The highest BCUT2D eigenvalue weighted by atomic mass is 32.2. The quantitative estimate of drug-likeness (QED) is 0.327. The Bertz CT molecular complexity index is 1500. The molecule has 10 heteroatoms. The fourth-order valence-corrected chi connectivity index (χ4v) is 6.19. The molecule has 0 aliphatic carbocycles. The zero-order chi connectivity index (χ0) is 30.3. The summed E-state index contributed by atoms with van der Waals surface area (Å²) < 4.78 is 40.5. The Morgan fingerprint density at radius 1 is 0.905 bits per heavy atom. The first-order chi connectivity index (χ1) is 20.1. The number of hydrogen-bond acceptors (Lipinski definition) is 6. The van der Waals surface area contributed by atoms with E-state index in [1.807, 2.05) is 52.0 Å². The topological polar surface area (TPSA) is 105 Å². The molecular weight excluding hydrogens is 554 g/mol. The normalized spacial score (nSPS) is 14.0. The number of fused-ring (bicyclic) bond motifs is 1. The fraction of sp³-hybridized carbons (Fsp3) is 0.375. The molecule has 3 aromatic rings. The second-order valence-electron chi connectivity index (χ2n) is 10.3. The van der Waals surface area contributed by atoms with Gasteiger partial charge in [-0.05, 0) is 62.1 Å². The first kappa shape index (κ1) is 30.9. The number of nitrogens with one attached hydrogen (secondary N) is 1. The summed E-state index contributed by atoms with van der Waals surface area (Å²) >= 11 is 0. The number of sulfonamides is 1. The lowest BCUT2D eigenvalue weighted by Crippen LogP contribution is -2.53. The molecule has 0 aromatic heterocycles. The highest BCUT2D eigenvalue weighted by Crippen LogP contribution is 2.36. The van der Waals surface area contributed by atoms with Crippen molar-refractivity contribution < 1.29 is 27.5 Å². The lowest BCUT2D eigenvalue weighted by Gasteiger charge is -2.34. The van der Waals surface area contributed by atoms with Gasteiger partial charge in [-0.2, -0.15) is 0 Å². The van der Waals surface area contributed by atoms with E-state index in [1.165, 1.54) is 17.0 Å². The summed E-state index contributed by atoms with van der Waals surface area (Å²) in [6.45, 7) is 8.03. The van der Waals surface area contributed by atoms with Gasteiger partial charge in [-0.25, -0.2) is 8.42 Å². The van der Waals surface area contributed by atoms with Crippen molar-refractivity contribution >= 4 is 27.5 Å². The second kappa shape index (κ2) is 13.7. The van der Waals surface area contributed by atoms with E-state index >= 15 is 0 Å². The molecule has 42 heavy (non-hydrogen) atoms. The molecule has 9 nitrogen and oxygen atoms in total. The molecule has 0 fully saturated rings. The molecule has 0 saturated heterocycles. The third-order valence-electron chi connectivity index (χ3n) is 7.41. The predicted molar refractivity (Wildman–Crippen MR) is 162 cm³/mol. The van der Waals surface area contributed by atoms with E-state index < -0.39 is 28.5 Å². The average molecular weight is 594 g/mol. The SMILES string of the molecule is CCC(C)NC(=O)C(CC)N(Cc1ccccc1C)C(=O)CN(c1ccc2c(c1)OCCO2)S(=O)(=O)c1ccccc1. The Hall–Kier alpha value is -4.05. The Kier molecular flexibility index (Phi) is 10.1. The second-order valence-corrected chi connectivity index (χ2v) is 12.2. The predicted octanol–water partition coefficient (Wildman–Crippen LogP) is 4.68. The van der Waals surface area contributed by atoms with Crippen LogP contribution >= 0.6 is 0 Å². The number of rotatable bonds is 12. The summed E-state index contributed by atoms with van der Waals surface area (Å²) in [4.78, 5) is 29.2. The van der Waals surface area contributed by atoms with Crippen LogP contribution in [0.1, 0.15) is 44.7 Å². The molecule has 0 radical (unpaired) electrons. The van der Waals surface area contributed by atoms with Crippen molar-refractivity contribution in [3.8, 4) is 11.5 Å². The summed E-state index contributed by atoms with van der Waals surface area (Å²) in [5.74, 6) is 0.127. The minimum Gasteiger partial charge on any atom is -0.486 e. The third-order valence-corrected chi connectivity index (χ3v) is 9.20. The van der Waals surface area contributed by atoms with Gasteiger partial charge in [-0.3, -0.25) is 13.9 Å². The van der Waals surface area contributed by atoms with Gasteiger partial charge in [-0.15, -0.1) is 0 Å². The molecular formula is C32H39N3O6S. The largest absolute Gasteiger partial charge is 0.486 e. The number of carbonyl (C=O) groups excluding carboxylic acids is 2. The first-order valence-corrected chi connectivity index (χ1v) is 15.7. The van der Waals surface area contributed by atoms with Crippen LogP contribution in [0, 0.1) is 6.92 Å². The van der Waals surface area contributed by atoms with Crippen molar-refractivity contribution in [3.05, 3.63) is 83.9 Å². The van der Waals surface area contributed by atoms with E-state index in [0.29, 0.717) is 31.1 Å². The van der Waals surface area contributed by atoms with E-state index in [1.54, 1.807) is 36.4 Å². The van der Waals surface area contributed by atoms with Crippen molar-refractivity contribution in [3.63, 3.8) is 0 Å². The van der Waals surface area contributed by atoms with E-state index in [9.17, 15) is 18.0 Å². The Morgan fingerprint density at radius 2 is 1.57 bits per heavy atom. The van der Waals surface area contributed by atoms with Crippen LogP contribution in [0.15, 0.2) is 77.7 Å². The third kappa shape index (κ3) is 7.05. The van der Waals surface area contributed by atoms with E-state index in [4.69, 9.17) is 9.47 Å². The van der Waals surface area contributed by atoms with Crippen LogP contribution in [0.4, 0.5) is 5.69 Å². The molecule has 1 N–H and O–H groups in total. The first-order valence-electron chi connectivity index (χ1n) is 14.3. The highest BCUT2D eigenvalue weighted by Gasteiger charge is 2.34. The fourth-order valence-electron chi connectivity index (χ4n) is 4.77. The van der Waals surface area contributed by atoms with Crippen molar-refractivity contribution in [2.45, 2.75) is 64.1 Å². The lowest BCUT2D eigenvalue weighted by molar-refractivity contribution is -0.140. The number of aryl methyl sites for hydroxylation is 1. The van der Waals surface area contributed by atoms with Crippen LogP contribution in [0.2, 0.25) is 0 Å². The summed E-state index contributed by atoms with van der Waals surface area (Å²) in [7, 11) is -4.18. The van der Waals surface area contributed by atoms with Gasteiger partial charge in [0.15, 0.2) is 11.5 Å². The van der Waals surface area contributed by atoms with Gasteiger partial charge in [0.2, 0.25) is 11.8 Å². The van der Waals surface area contributed by atoms with Crippen LogP contribution in [-0.4, -0.2) is 57.0 Å². The highest BCUT2D eigenvalue weighted by molar-refractivity contribution is 7.92. The molecule has 0 saturated carbocycles. The van der Waals surface area contributed by atoms with E-state index in [2.05, 4.69) is 5.32 Å². The molecule has 0 spiro atoms. The molecule has 2 amide bonds. The molecule has 224 valence electrons. The van der Waals surface area contributed by atoms with E-state index in [0.717, 1.165) is 21.9 Å². The zero-order valence-corrected chi connectivity index (χ0v) is 25.4. The van der Waals surface area contributed by atoms with Crippen molar-refractivity contribution in [1.29, 1.82) is 0 Å². The van der Waals surface area contributed by atoms with Gasteiger partial charge >= 0.3 is 0 Å². The van der Waals surface area contributed by atoms with Crippen molar-refractivity contribution in [1.82, 2.24) is 10.2 Å². The van der Waals surface area contributed by atoms with Crippen LogP contribution < -0.4 is 19.1 Å². The molecule has 3 aromatic carbocycles. The molecule has 2 atom stereocenters. The number of ether oxygens (including phenoxy) is 2. The van der Waals surface area contributed by atoms with Crippen LogP contribution in [-0.2, 0) is 26.2 Å². The lowest BCUT2D eigenvalue weighted by atomic mass is 10.1. The smallest absolute Gasteiger partial charge is 0.264 e. The van der Waals surface area contributed by atoms with Gasteiger partial charge in [0, 0.05) is 18.7 Å². The molecule has 2 unspecified atom stereocenters. The Balaban J connectivity index is 1.76. The number of nitrogens with zero attached hydrogens (tertiary/aromatic N) is 2. The standard InChI is InChI=1S/C32H39N3O6S/c1-5-24(4)33-32(37)28(6-2)34(21-25-13-11-10-12-23(25)3)31(36)22-35(42(38,39)27-14-8-7-9-15-27)26-16-17-29-30(20-26)41-19-18-40-29/h7-17,20,24,28H,5-6,18-19,21-22H2,1-4H3,(H,33,37). The van der Waals surface area contributed by atoms with Crippen LogP contribution in [0.3, 0.4) is 0 Å². The summed E-state index contributed by atoms with van der Waals surface area (Å²) in [5, 5.41) is 3.00. The maximum absolute atomic E-state index is 14.3. The molecule has 0 bridgehead atoms. The van der Waals surface area contributed by atoms with Crippen molar-refractivity contribution in [2.24, 2.45) is 0 Å². The van der Waals surface area contributed by atoms with Gasteiger partial charge in [0.05, 0.1) is 10.6 Å². The Morgan fingerprint density at radius 3 is 2.24 bits per heavy atom. The average Bonchev–Trinajstić information content (AvgIpc) is 3.00. The van der Waals surface area contributed by atoms with Gasteiger partial charge in [0.1, 0.15) is 25.8 Å². The van der Waals surface area contributed by atoms with Gasteiger partial charge in [-0.1, -0.05) is 56.3 Å². The molecule has 1 aliphatic heterocycles. The number of benzene rings is 3. The Labute approximate surface area is 248 Å². The number of anilines is 1. The minimum absolute atomic E-state index is 0.0414. The number of hydrogen-bond donors (Lipinski definition) is 1. The van der Waals surface area contributed by atoms with E-state index in [-0.39, 0.29) is 29.1 Å². The summed E-state index contributed by atoms with van der Waals surface area (Å²) in [5.41, 5.74) is 2.09. The summed E-state index contributed by atoms with van der Waals surface area (Å²) in [6, 6.07) is 19.6. The zero-order valence-electron chi connectivity index (χ0n) is 24.6. The molecule has 1 aliphatic rings. The number of amides is 2. The van der Waals surface area contributed by atoms with Gasteiger partial charge in [0.25, 0.3) is 10.0 Å². The minimum atomic E-state index is -4.18. The van der Waals surface area contributed by atoms with Crippen molar-refractivity contribution in [2.75, 3.05) is 24.1 Å². The molecule has 1 heterocycles. The van der Waals surface area contributed by atoms with Crippen LogP contribution in [0.5, 0.6) is 11.5 Å². The summed E-state index contributed by atoms with van der Waals surface area (Å²) in [6.07, 6.45) is 1.09. The van der Waals surface area contributed by atoms with Gasteiger partial charge < -0.3 is 19.7 Å². The monoisotopic (exact) mass is 593 g/mol. The molecule has 4 rings (SSSR count). The number of carbonyl (C=O) groups is 2. The van der Waals surface area contributed by atoms with Crippen LogP contribution in [0.25, 0.3) is 0 Å². The maximum Gasteiger partial charge on any atom is 0.264 e.